The molecule has 1 fully saturated rings. The summed E-state index contributed by atoms with van der Waals surface area (Å²) in [5, 5.41) is 4.66. The Balaban J connectivity index is 2.16. The second kappa shape index (κ2) is 5.47. The van der Waals surface area contributed by atoms with Crippen LogP contribution in [0.25, 0.3) is 10.9 Å². The van der Waals surface area contributed by atoms with Gasteiger partial charge in [-0.1, -0.05) is 13.0 Å². The first kappa shape index (κ1) is 12.9. The second-order valence-electron chi connectivity index (χ2n) is 4.90. The van der Waals surface area contributed by atoms with Crippen LogP contribution in [0, 0.1) is 0 Å². The Kier molecular flexibility index (Phi) is 3.71. The minimum absolute atomic E-state index is 1.05. The monoisotopic (exact) mass is 319 g/mol. The quantitative estimate of drug-likeness (QED) is 0.922. The van der Waals surface area contributed by atoms with E-state index in [4.69, 9.17) is 0 Å². The molecule has 1 aliphatic heterocycles. The van der Waals surface area contributed by atoms with Gasteiger partial charge in [0.25, 0.3) is 0 Å². The highest BCUT2D eigenvalue weighted by Crippen LogP contribution is 2.34. The van der Waals surface area contributed by atoms with Gasteiger partial charge >= 0.3 is 0 Å². The number of halogens is 1. The van der Waals surface area contributed by atoms with E-state index in [2.05, 4.69) is 56.3 Å². The van der Waals surface area contributed by atoms with E-state index in [9.17, 15) is 0 Å². The van der Waals surface area contributed by atoms with Crippen LogP contribution in [-0.4, -0.2) is 31.2 Å². The van der Waals surface area contributed by atoms with Crippen LogP contribution in [-0.2, 0) is 6.42 Å². The second-order valence-corrected chi connectivity index (χ2v) is 5.75. The topological polar surface area (TPSA) is 28.2 Å². The number of piperazine rings is 1. The molecule has 3 rings (SSSR count). The summed E-state index contributed by atoms with van der Waals surface area (Å²) in [5.74, 6) is 0. The summed E-state index contributed by atoms with van der Waals surface area (Å²) in [4.78, 5) is 6.97. The van der Waals surface area contributed by atoms with Crippen molar-refractivity contribution in [1.29, 1.82) is 0 Å². The molecule has 0 bridgehead atoms. The lowest BCUT2D eigenvalue weighted by Crippen LogP contribution is -2.43. The maximum atomic E-state index is 4.52. The van der Waals surface area contributed by atoms with Crippen LogP contribution in [0.5, 0.6) is 0 Å². The van der Waals surface area contributed by atoms with Crippen molar-refractivity contribution in [3.63, 3.8) is 0 Å². The van der Waals surface area contributed by atoms with Gasteiger partial charge in [-0.15, -0.1) is 0 Å². The van der Waals surface area contributed by atoms with Crippen LogP contribution in [0.2, 0.25) is 0 Å². The predicted octanol–water partition coefficient (Wildman–Crippen LogP) is 2.97. The van der Waals surface area contributed by atoms with E-state index in [1.165, 1.54) is 16.6 Å². The van der Waals surface area contributed by atoms with Gasteiger partial charge in [0.05, 0.1) is 15.7 Å². The van der Waals surface area contributed by atoms with Crippen molar-refractivity contribution in [1.82, 2.24) is 10.3 Å². The number of hydrogen-bond donors (Lipinski definition) is 1. The van der Waals surface area contributed by atoms with Crippen molar-refractivity contribution in [3.05, 3.63) is 34.4 Å². The van der Waals surface area contributed by atoms with Gasteiger partial charge in [-0.3, -0.25) is 4.98 Å². The van der Waals surface area contributed by atoms with Gasteiger partial charge in [-0.25, -0.2) is 0 Å². The molecule has 100 valence electrons. The Labute approximate surface area is 122 Å². The Hall–Kier alpha value is -1.13. The molecule has 1 aromatic carbocycles. The summed E-state index contributed by atoms with van der Waals surface area (Å²) in [6.07, 6.45) is 2.98. The number of fused-ring (bicyclic) bond motifs is 1. The number of hydrogen-bond acceptors (Lipinski definition) is 3. The molecule has 1 aromatic heterocycles. The number of nitrogens with one attached hydrogen (secondary N) is 1. The standard InChI is InChI=1S/C15H18BrN3/c1-2-11-3-4-14-12(9-11)15(13(16)10-18-14)19-7-5-17-6-8-19/h3-4,9-10,17H,2,5-8H2,1H3. The predicted molar refractivity (Wildman–Crippen MR) is 83.9 cm³/mol. The lowest BCUT2D eigenvalue weighted by atomic mass is 10.1. The van der Waals surface area contributed by atoms with Gasteiger partial charge in [0.2, 0.25) is 0 Å². The van der Waals surface area contributed by atoms with Gasteiger partial charge in [-0.05, 0) is 40.0 Å². The van der Waals surface area contributed by atoms with Gasteiger partial charge in [-0.2, -0.15) is 0 Å². The Bertz CT molecular complexity index is 591. The fourth-order valence-corrected chi connectivity index (χ4v) is 3.20. The molecule has 0 atom stereocenters. The van der Waals surface area contributed by atoms with Crippen LogP contribution >= 0.6 is 15.9 Å². The Morgan fingerprint density at radius 3 is 2.84 bits per heavy atom. The third-order valence-electron chi connectivity index (χ3n) is 3.70. The molecule has 19 heavy (non-hydrogen) atoms. The van der Waals surface area contributed by atoms with Crippen molar-refractivity contribution in [2.45, 2.75) is 13.3 Å². The molecule has 0 radical (unpaired) electrons. The molecule has 1 N–H and O–H groups in total. The number of aromatic nitrogens is 1. The summed E-state index contributed by atoms with van der Waals surface area (Å²) in [6, 6.07) is 6.58. The largest absolute Gasteiger partial charge is 0.367 e. The molecule has 0 aliphatic carbocycles. The van der Waals surface area contributed by atoms with E-state index in [1.54, 1.807) is 0 Å². The van der Waals surface area contributed by atoms with Gasteiger partial charge in [0, 0.05) is 37.8 Å². The van der Waals surface area contributed by atoms with Crippen LogP contribution < -0.4 is 10.2 Å². The molecule has 1 aliphatic rings. The van der Waals surface area contributed by atoms with Crippen molar-refractivity contribution < 1.29 is 0 Å². The van der Waals surface area contributed by atoms with Crippen molar-refractivity contribution in [3.8, 4) is 0 Å². The minimum Gasteiger partial charge on any atom is -0.367 e. The smallest absolute Gasteiger partial charge is 0.0723 e. The number of nitrogens with zero attached hydrogens (tertiary/aromatic N) is 2. The summed E-state index contributed by atoms with van der Waals surface area (Å²) in [6.45, 7) is 6.38. The highest BCUT2D eigenvalue weighted by Gasteiger charge is 2.17. The first-order chi connectivity index (χ1) is 9.29. The fraction of sp³-hybridized carbons (Fsp3) is 0.400. The molecule has 1 saturated heterocycles. The van der Waals surface area contributed by atoms with E-state index in [-0.39, 0.29) is 0 Å². The Morgan fingerprint density at radius 1 is 1.32 bits per heavy atom. The maximum absolute atomic E-state index is 4.52. The molecule has 2 aromatic rings. The summed E-state index contributed by atoms with van der Waals surface area (Å²) < 4.78 is 1.09. The van der Waals surface area contributed by atoms with E-state index >= 15 is 0 Å². The average molecular weight is 320 g/mol. The molecule has 0 amide bonds. The summed E-state index contributed by atoms with van der Waals surface area (Å²) in [7, 11) is 0. The zero-order valence-electron chi connectivity index (χ0n) is 11.1. The Morgan fingerprint density at radius 2 is 2.11 bits per heavy atom. The third kappa shape index (κ3) is 2.47. The van der Waals surface area contributed by atoms with Crippen molar-refractivity contribution in [2.75, 3.05) is 31.1 Å². The van der Waals surface area contributed by atoms with Gasteiger partial charge in [0.15, 0.2) is 0 Å². The molecule has 3 nitrogen and oxygen atoms in total. The summed E-state index contributed by atoms with van der Waals surface area (Å²) >= 11 is 3.67. The molecular formula is C15H18BrN3. The van der Waals surface area contributed by atoms with E-state index in [0.717, 1.165) is 42.6 Å². The van der Waals surface area contributed by atoms with Crippen LogP contribution in [0.15, 0.2) is 28.9 Å². The molecule has 4 heteroatoms. The van der Waals surface area contributed by atoms with Crippen LogP contribution in [0.3, 0.4) is 0 Å². The normalized spacial score (nSPS) is 16.0. The van der Waals surface area contributed by atoms with E-state index in [0.29, 0.717) is 0 Å². The van der Waals surface area contributed by atoms with E-state index < -0.39 is 0 Å². The zero-order valence-corrected chi connectivity index (χ0v) is 12.7. The lowest BCUT2D eigenvalue weighted by molar-refractivity contribution is 0.589. The number of benzene rings is 1. The van der Waals surface area contributed by atoms with E-state index in [1.807, 2.05) is 6.20 Å². The minimum atomic E-state index is 1.05. The van der Waals surface area contributed by atoms with Crippen molar-refractivity contribution >= 4 is 32.5 Å². The van der Waals surface area contributed by atoms with Crippen LogP contribution in [0.1, 0.15) is 12.5 Å². The number of aryl methyl sites for hydroxylation is 1. The van der Waals surface area contributed by atoms with Gasteiger partial charge < -0.3 is 10.2 Å². The highest BCUT2D eigenvalue weighted by atomic mass is 79.9. The molecule has 0 saturated carbocycles. The average Bonchev–Trinajstić information content (AvgIpc) is 2.47. The fourth-order valence-electron chi connectivity index (χ4n) is 2.63. The number of pyridine rings is 1. The molecular weight excluding hydrogens is 302 g/mol. The SMILES string of the molecule is CCc1ccc2ncc(Br)c(N3CCNCC3)c2c1. The first-order valence-electron chi connectivity index (χ1n) is 6.82. The summed E-state index contributed by atoms with van der Waals surface area (Å²) in [5.41, 5.74) is 3.74. The number of anilines is 1. The molecule has 0 unspecified atom stereocenters. The zero-order chi connectivity index (χ0) is 13.2. The van der Waals surface area contributed by atoms with Crippen LogP contribution in [0.4, 0.5) is 5.69 Å². The van der Waals surface area contributed by atoms with Gasteiger partial charge in [0.1, 0.15) is 0 Å². The first-order valence-corrected chi connectivity index (χ1v) is 7.61. The lowest BCUT2D eigenvalue weighted by Gasteiger charge is -2.31. The molecule has 2 heterocycles. The third-order valence-corrected chi connectivity index (χ3v) is 4.28. The molecule has 0 spiro atoms. The van der Waals surface area contributed by atoms with Crippen molar-refractivity contribution in [2.24, 2.45) is 0 Å². The maximum Gasteiger partial charge on any atom is 0.0723 e. The number of rotatable bonds is 2. The highest BCUT2D eigenvalue weighted by molar-refractivity contribution is 9.10.